The number of pyridine rings is 2. The third-order valence-corrected chi connectivity index (χ3v) is 2.77. The predicted octanol–water partition coefficient (Wildman–Crippen LogP) is 2.92. The minimum absolute atomic E-state index is 0.190. The van der Waals surface area contributed by atoms with Crippen LogP contribution in [-0.4, -0.2) is 34.7 Å². The molecule has 0 aliphatic rings. The van der Waals surface area contributed by atoms with Gasteiger partial charge in [-0.3, -0.25) is 4.79 Å². The topological polar surface area (TPSA) is 73.3 Å². The quantitative estimate of drug-likeness (QED) is 0.830. The molecule has 0 fully saturated rings. The number of amides is 1. The molecular formula is C17H21N3O3. The van der Waals surface area contributed by atoms with Crippen molar-refractivity contribution in [3.63, 3.8) is 0 Å². The molecule has 1 amide bonds. The van der Waals surface area contributed by atoms with Gasteiger partial charge >= 0.3 is 0 Å². The van der Waals surface area contributed by atoms with E-state index in [4.69, 9.17) is 9.47 Å². The van der Waals surface area contributed by atoms with Gasteiger partial charge in [-0.1, -0.05) is 6.07 Å². The minimum Gasteiger partial charge on any atom is -0.475 e. The van der Waals surface area contributed by atoms with Crippen molar-refractivity contribution in [1.29, 1.82) is 0 Å². The number of carbonyl (C=O) groups excluding carboxylic acids is 1. The maximum atomic E-state index is 12.0. The van der Waals surface area contributed by atoms with Crippen LogP contribution in [0.5, 0.6) is 5.88 Å². The number of rotatable bonds is 6. The summed E-state index contributed by atoms with van der Waals surface area (Å²) < 4.78 is 11.0. The Labute approximate surface area is 135 Å². The second-order valence-electron chi connectivity index (χ2n) is 5.86. The predicted molar refractivity (Wildman–Crippen MR) is 87.6 cm³/mol. The van der Waals surface area contributed by atoms with Crippen LogP contribution in [0.1, 0.15) is 31.1 Å². The lowest BCUT2D eigenvalue weighted by molar-refractivity contribution is -0.0168. The first-order chi connectivity index (χ1) is 10.9. The van der Waals surface area contributed by atoms with Gasteiger partial charge in [0.25, 0.3) is 5.91 Å². The maximum absolute atomic E-state index is 12.0. The second-order valence-corrected chi connectivity index (χ2v) is 5.86. The van der Waals surface area contributed by atoms with E-state index in [1.807, 2.05) is 20.8 Å². The number of nitrogens with zero attached hydrogens (tertiary/aromatic N) is 2. The smallest absolute Gasteiger partial charge is 0.258 e. The number of hydrogen-bond donors (Lipinski definition) is 1. The molecule has 2 aromatic heterocycles. The zero-order valence-corrected chi connectivity index (χ0v) is 13.6. The first-order valence-corrected chi connectivity index (χ1v) is 7.39. The Kier molecular flexibility index (Phi) is 5.65. The molecule has 0 atom stereocenters. The summed E-state index contributed by atoms with van der Waals surface area (Å²) in [4.78, 5) is 20.2. The fourth-order valence-corrected chi connectivity index (χ4v) is 1.72. The van der Waals surface area contributed by atoms with E-state index in [1.165, 1.54) is 6.20 Å². The first kappa shape index (κ1) is 16.9. The second kappa shape index (κ2) is 7.69. The third kappa shape index (κ3) is 6.04. The van der Waals surface area contributed by atoms with E-state index < -0.39 is 0 Å². The summed E-state index contributed by atoms with van der Waals surface area (Å²) in [6.45, 7) is 6.84. The van der Waals surface area contributed by atoms with Crippen LogP contribution >= 0.6 is 0 Å². The van der Waals surface area contributed by atoms with Crippen molar-refractivity contribution in [2.24, 2.45) is 0 Å². The van der Waals surface area contributed by atoms with Crippen LogP contribution in [0.2, 0.25) is 0 Å². The van der Waals surface area contributed by atoms with Gasteiger partial charge in [-0.2, -0.15) is 0 Å². The lowest BCUT2D eigenvalue weighted by Gasteiger charge is -2.19. The van der Waals surface area contributed by atoms with Crippen molar-refractivity contribution in [1.82, 2.24) is 9.97 Å². The van der Waals surface area contributed by atoms with Crippen LogP contribution in [0.25, 0.3) is 0 Å². The summed E-state index contributed by atoms with van der Waals surface area (Å²) >= 11 is 0. The lowest BCUT2D eigenvalue weighted by Crippen LogP contribution is -2.22. The van der Waals surface area contributed by atoms with Gasteiger partial charge in [-0.15, -0.1) is 0 Å². The molecule has 6 heteroatoms. The van der Waals surface area contributed by atoms with E-state index in [9.17, 15) is 4.79 Å². The molecule has 0 saturated heterocycles. The normalized spacial score (nSPS) is 11.1. The van der Waals surface area contributed by atoms with E-state index in [1.54, 1.807) is 36.5 Å². The van der Waals surface area contributed by atoms with Gasteiger partial charge in [0.05, 0.1) is 17.8 Å². The summed E-state index contributed by atoms with van der Waals surface area (Å²) in [6.07, 6.45) is 3.09. The average molecular weight is 315 g/mol. The summed E-state index contributed by atoms with van der Waals surface area (Å²) in [5, 5.41) is 2.70. The van der Waals surface area contributed by atoms with Crippen molar-refractivity contribution >= 4 is 11.7 Å². The highest BCUT2D eigenvalue weighted by Gasteiger charge is 2.10. The molecule has 1 N–H and O–H groups in total. The summed E-state index contributed by atoms with van der Waals surface area (Å²) in [5.74, 6) is 0.688. The largest absolute Gasteiger partial charge is 0.475 e. The Balaban J connectivity index is 1.83. The maximum Gasteiger partial charge on any atom is 0.258 e. The Morgan fingerprint density at radius 3 is 2.57 bits per heavy atom. The Morgan fingerprint density at radius 1 is 1.13 bits per heavy atom. The molecule has 2 rings (SSSR count). The molecule has 0 aliphatic carbocycles. The van der Waals surface area contributed by atoms with Crippen LogP contribution in [0.15, 0.2) is 42.7 Å². The van der Waals surface area contributed by atoms with Crippen LogP contribution in [-0.2, 0) is 4.74 Å². The van der Waals surface area contributed by atoms with E-state index in [0.717, 1.165) is 0 Å². The van der Waals surface area contributed by atoms with E-state index in [2.05, 4.69) is 15.3 Å². The van der Waals surface area contributed by atoms with Gasteiger partial charge in [-0.05, 0) is 39.0 Å². The van der Waals surface area contributed by atoms with Gasteiger partial charge in [0.15, 0.2) is 0 Å². The molecule has 0 saturated carbocycles. The minimum atomic E-state index is -0.265. The number of ether oxygens (including phenoxy) is 2. The molecule has 0 unspecified atom stereocenters. The Hall–Kier alpha value is -2.47. The first-order valence-electron chi connectivity index (χ1n) is 7.39. The zero-order valence-electron chi connectivity index (χ0n) is 13.6. The molecule has 0 aromatic carbocycles. The fraction of sp³-hybridized carbons (Fsp3) is 0.353. The van der Waals surface area contributed by atoms with Crippen LogP contribution in [0.4, 0.5) is 5.82 Å². The zero-order chi connectivity index (χ0) is 16.7. The molecule has 122 valence electrons. The number of hydrogen-bond acceptors (Lipinski definition) is 5. The van der Waals surface area contributed by atoms with E-state index in [-0.39, 0.29) is 11.5 Å². The molecular weight excluding hydrogens is 294 g/mol. The molecule has 2 aromatic rings. The summed E-state index contributed by atoms with van der Waals surface area (Å²) in [7, 11) is 0. The lowest BCUT2D eigenvalue weighted by atomic mass is 10.2. The van der Waals surface area contributed by atoms with Gasteiger partial charge in [0, 0.05) is 18.5 Å². The number of aromatic nitrogens is 2. The third-order valence-electron chi connectivity index (χ3n) is 2.77. The van der Waals surface area contributed by atoms with Crippen LogP contribution < -0.4 is 10.1 Å². The average Bonchev–Trinajstić information content (AvgIpc) is 2.52. The Bertz CT molecular complexity index is 622. The SMILES string of the molecule is CC(C)(C)OCCOc1ccc(C(=O)Nc2ccccn2)cn1. The molecule has 6 nitrogen and oxygen atoms in total. The highest BCUT2D eigenvalue weighted by Crippen LogP contribution is 2.11. The standard InChI is InChI=1S/C17H21N3O3/c1-17(2,3)23-11-10-22-15-8-7-13(12-19-15)16(21)20-14-6-4-5-9-18-14/h4-9,12H,10-11H2,1-3H3,(H,18,20,21). The Morgan fingerprint density at radius 2 is 1.96 bits per heavy atom. The number of carbonyl (C=O) groups is 1. The van der Waals surface area contributed by atoms with Crippen LogP contribution in [0.3, 0.4) is 0 Å². The van der Waals surface area contributed by atoms with Crippen molar-refractivity contribution in [3.05, 3.63) is 48.3 Å². The van der Waals surface area contributed by atoms with E-state index >= 15 is 0 Å². The fourth-order valence-electron chi connectivity index (χ4n) is 1.72. The molecule has 0 aliphatic heterocycles. The molecule has 0 spiro atoms. The van der Waals surface area contributed by atoms with Crippen molar-refractivity contribution in [2.75, 3.05) is 18.5 Å². The molecule has 2 heterocycles. The van der Waals surface area contributed by atoms with Crippen molar-refractivity contribution in [2.45, 2.75) is 26.4 Å². The molecule has 23 heavy (non-hydrogen) atoms. The number of anilines is 1. The van der Waals surface area contributed by atoms with E-state index in [0.29, 0.717) is 30.5 Å². The van der Waals surface area contributed by atoms with Gasteiger partial charge in [0.2, 0.25) is 5.88 Å². The highest BCUT2D eigenvalue weighted by atomic mass is 16.5. The number of nitrogens with one attached hydrogen (secondary N) is 1. The highest BCUT2D eigenvalue weighted by molar-refractivity contribution is 6.03. The van der Waals surface area contributed by atoms with Crippen LogP contribution in [0, 0.1) is 0 Å². The monoisotopic (exact) mass is 315 g/mol. The molecule has 0 radical (unpaired) electrons. The molecule has 0 bridgehead atoms. The summed E-state index contributed by atoms with van der Waals surface area (Å²) in [5.41, 5.74) is 0.249. The van der Waals surface area contributed by atoms with Gasteiger partial charge in [0.1, 0.15) is 12.4 Å². The summed E-state index contributed by atoms with van der Waals surface area (Å²) in [6, 6.07) is 8.62. The van der Waals surface area contributed by atoms with Gasteiger partial charge in [-0.25, -0.2) is 9.97 Å². The van der Waals surface area contributed by atoms with Crippen molar-refractivity contribution < 1.29 is 14.3 Å². The van der Waals surface area contributed by atoms with Crippen molar-refractivity contribution in [3.8, 4) is 5.88 Å². The van der Waals surface area contributed by atoms with Gasteiger partial charge < -0.3 is 14.8 Å².